The molecule has 0 aromatic heterocycles. The van der Waals surface area contributed by atoms with Gasteiger partial charge in [0.15, 0.2) is 0 Å². The third kappa shape index (κ3) is 2.52. The van der Waals surface area contributed by atoms with Crippen molar-refractivity contribution in [3.63, 3.8) is 0 Å². The molecule has 0 bridgehead atoms. The molecule has 2 aliphatic carbocycles. The predicted octanol–water partition coefficient (Wildman–Crippen LogP) is 2.85. The van der Waals surface area contributed by atoms with Crippen LogP contribution in [0.4, 0.5) is 0 Å². The van der Waals surface area contributed by atoms with Crippen LogP contribution in [-0.2, 0) is 23.8 Å². The van der Waals surface area contributed by atoms with Crippen LogP contribution in [0.3, 0.4) is 0 Å². The number of aliphatic hydroxyl groups is 1. The molecule has 1 saturated heterocycles. The van der Waals surface area contributed by atoms with Gasteiger partial charge in [-0.3, -0.25) is 9.59 Å². The van der Waals surface area contributed by atoms with Gasteiger partial charge in [0, 0.05) is 12.5 Å². The lowest BCUT2D eigenvalue weighted by Gasteiger charge is -2.64. The van der Waals surface area contributed by atoms with Crippen molar-refractivity contribution < 1.29 is 28.9 Å². The van der Waals surface area contributed by atoms with Crippen LogP contribution in [0.5, 0.6) is 0 Å². The van der Waals surface area contributed by atoms with Gasteiger partial charge in [-0.25, -0.2) is 0 Å². The summed E-state index contributed by atoms with van der Waals surface area (Å²) < 4.78 is 16.7. The maximum Gasteiger partial charge on any atom is 0.314 e. The quantitative estimate of drug-likeness (QED) is 0.753. The van der Waals surface area contributed by atoms with E-state index in [2.05, 4.69) is 13.8 Å². The topological polar surface area (TPSA) is 82.1 Å². The zero-order valence-electron chi connectivity index (χ0n) is 17.5. The summed E-state index contributed by atoms with van der Waals surface area (Å²) in [5.74, 6) is -0.523. The smallest absolute Gasteiger partial charge is 0.314 e. The van der Waals surface area contributed by atoms with E-state index in [4.69, 9.17) is 14.2 Å². The van der Waals surface area contributed by atoms with Crippen molar-refractivity contribution in [2.24, 2.45) is 22.7 Å². The molecule has 1 aliphatic heterocycles. The van der Waals surface area contributed by atoms with E-state index in [1.54, 1.807) is 7.11 Å². The van der Waals surface area contributed by atoms with Crippen molar-refractivity contribution in [1.82, 2.24) is 0 Å². The third-order valence-electron chi connectivity index (χ3n) is 7.98. The lowest BCUT2D eigenvalue weighted by atomic mass is 9.42. The summed E-state index contributed by atoms with van der Waals surface area (Å²) in [6.07, 6.45) is 2.88. The number of fused-ring (bicyclic) bond motifs is 3. The maximum absolute atomic E-state index is 12.9. The molecule has 6 heteroatoms. The fourth-order valence-electron chi connectivity index (χ4n) is 6.80. The highest BCUT2D eigenvalue weighted by atomic mass is 16.6. The molecule has 0 radical (unpaired) electrons. The number of carbonyl (C=O) groups is 2. The standard InChI is InChI=1S/C21H34O6/c1-13(2)11-20-10-7-14-18(3,21(20,24)12-16(22)27-20)9-8-15(25-5)19(14,4)17(23)26-6/h13-15,24H,7-12H2,1-6H3/t14-,15+,18+,19-,20+,21-/m1/s1. The average Bonchev–Trinajstić information content (AvgIpc) is 2.85. The molecule has 0 amide bonds. The van der Waals surface area contributed by atoms with Crippen LogP contribution in [-0.4, -0.2) is 48.6 Å². The van der Waals surface area contributed by atoms with Gasteiger partial charge in [-0.15, -0.1) is 0 Å². The van der Waals surface area contributed by atoms with Crippen LogP contribution >= 0.6 is 0 Å². The first-order chi connectivity index (χ1) is 12.5. The molecule has 1 N–H and O–H groups in total. The summed E-state index contributed by atoms with van der Waals surface area (Å²) in [5.41, 5.74) is -3.68. The zero-order chi connectivity index (χ0) is 20.3. The maximum atomic E-state index is 12.9. The summed E-state index contributed by atoms with van der Waals surface area (Å²) in [4.78, 5) is 25.3. The van der Waals surface area contributed by atoms with Crippen molar-refractivity contribution in [3.05, 3.63) is 0 Å². The van der Waals surface area contributed by atoms with Crippen molar-refractivity contribution in [2.45, 2.75) is 83.5 Å². The Labute approximate surface area is 161 Å². The van der Waals surface area contributed by atoms with Crippen molar-refractivity contribution >= 4 is 11.9 Å². The first-order valence-electron chi connectivity index (χ1n) is 10.1. The second-order valence-electron chi connectivity index (χ2n) is 9.65. The molecule has 154 valence electrons. The Morgan fingerprint density at radius 3 is 2.48 bits per heavy atom. The molecule has 3 aliphatic rings. The molecule has 27 heavy (non-hydrogen) atoms. The van der Waals surface area contributed by atoms with Crippen LogP contribution in [0.1, 0.15) is 66.2 Å². The molecule has 6 atom stereocenters. The Morgan fingerprint density at radius 1 is 1.26 bits per heavy atom. The van der Waals surface area contributed by atoms with E-state index >= 15 is 0 Å². The highest BCUT2D eigenvalue weighted by molar-refractivity contribution is 5.79. The van der Waals surface area contributed by atoms with Crippen molar-refractivity contribution in [2.75, 3.05) is 14.2 Å². The number of ether oxygens (including phenoxy) is 3. The Morgan fingerprint density at radius 2 is 1.93 bits per heavy atom. The zero-order valence-corrected chi connectivity index (χ0v) is 17.5. The van der Waals surface area contributed by atoms with E-state index in [9.17, 15) is 14.7 Å². The molecule has 6 nitrogen and oxygen atoms in total. The molecular formula is C21H34O6. The third-order valence-corrected chi connectivity index (χ3v) is 7.98. The van der Waals surface area contributed by atoms with Gasteiger partial charge in [-0.05, 0) is 50.9 Å². The molecule has 2 saturated carbocycles. The normalized spacial score (nSPS) is 46.6. The number of hydrogen-bond donors (Lipinski definition) is 1. The van der Waals surface area contributed by atoms with E-state index in [-0.39, 0.29) is 36.3 Å². The van der Waals surface area contributed by atoms with Crippen LogP contribution < -0.4 is 0 Å². The molecule has 3 rings (SSSR count). The highest BCUT2D eigenvalue weighted by Crippen LogP contribution is 2.68. The van der Waals surface area contributed by atoms with Crippen LogP contribution in [0.15, 0.2) is 0 Å². The van der Waals surface area contributed by atoms with Gasteiger partial charge in [0.1, 0.15) is 11.2 Å². The summed E-state index contributed by atoms with van der Waals surface area (Å²) in [6.45, 7) is 8.08. The van der Waals surface area contributed by atoms with Gasteiger partial charge in [0.05, 0.1) is 25.0 Å². The average molecular weight is 382 g/mol. The number of methoxy groups -OCH3 is 2. The summed E-state index contributed by atoms with van der Waals surface area (Å²) >= 11 is 0. The largest absolute Gasteiger partial charge is 0.469 e. The lowest BCUT2D eigenvalue weighted by Crippen LogP contribution is -2.72. The van der Waals surface area contributed by atoms with Crippen LogP contribution in [0.25, 0.3) is 0 Å². The first kappa shape index (κ1) is 20.6. The number of rotatable bonds is 4. The number of esters is 2. The Balaban J connectivity index is 2.12. The van der Waals surface area contributed by atoms with E-state index < -0.39 is 22.0 Å². The van der Waals surface area contributed by atoms with Crippen molar-refractivity contribution in [1.29, 1.82) is 0 Å². The van der Waals surface area contributed by atoms with Crippen LogP contribution in [0, 0.1) is 22.7 Å². The fraction of sp³-hybridized carbons (Fsp3) is 0.905. The lowest BCUT2D eigenvalue weighted by molar-refractivity contribution is -0.272. The van der Waals surface area contributed by atoms with E-state index in [0.717, 1.165) is 0 Å². The fourth-order valence-corrected chi connectivity index (χ4v) is 6.80. The van der Waals surface area contributed by atoms with Crippen LogP contribution in [0.2, 0.25) is 0 Å². The Kier molecular flexibility index (Phi) is 4.92. The van der Waals surface area contributed by atoms with Gasteiger partial charge in [0.25, 0.3) is 0 Å². The van der Waals surface area contributed by atoms with E-state index in [1.807, 2.05) is 13.8 Å². The minimum Gasteiger partial charge on any atom is -0.469 e. The molecular weight excluding hydrogens is 348 g/mol. The van der Waals surface area contributed by atoms with Gasteiger partial charge in [-0.2, -0.15) is 0 Å². The van der Waals surface area contributed by atoms with Gasteiger partial charge >= 0.3 is 11.9 Å². The molecule has 3 fully saturated rings. The predicted molar refractivity (Wildman–Crippen MR) is 98.8 cm³/mol. The van der Waals surface area contributed by atoms with Gasteiger partial charge in [0.2, 0.25) is 0 Å². The molecule has 0 spiro atoms. The first-order valence-corrected chi connectivity index (χ1v) is 10.1. The van der Waals surface area contributed by atoms with Gasteiger partial charge < -0.3 is 19.3 Å². The minimum atomic E-state index is -1.29. The summed E-state index contributed by atoms with van der Waals surface area (Å²) in [6, 6.07) is 0. The van der Waals surface area contributed by atoms with E-state index in [1.165, 1.54) is 7.11 Å². The molecule has 1 heterocycles. The monoisotopic (exact) mass is 382 g/mol. The second-order valence-corrected chi connectivity index (χ2v) is 9.65. The number of carbonyl (C=O) groups excluding carboxylic acids is 2. The minimum absolute atomic E-state index is 0.0123. The summed E-state index contributed by atoms with van der Waals surface area (Å²) in [5, 5.41) is 12.0. The second kappa shape index (κ2) is 6.45. The molecule has 0 unspecified atom stereocenters. The Hall–Kier alpha value is -1.14. The van der Waals surface area contributed by atoms with E-state index in [0.29, 0.717) is 32.1 Å². The number of hydrogen-bond acceptors (Lipinski definition) is 6. The summed E-state index contributed by atoms with van der Waals surface area (Å²) in [7, 11) is 3.02. The highest BCUT2D eigenvalue weighted by Gasteiger charge is 2.75. The SMILES string of the molecule is COC(=O)[C@@]1(C)[C@@H](OC)CC[C@@]2(C)[C@H]1CC[C@@]1(CC(C)C)OC(=O)C[C@]12O. The van der Waals surface area contributed by atoms with Gasteiger partial charge in [-0.1, -0.05) is 20.8 Å². The Bertz CT molecular complexity index is 632. The molecule has 0 aromatic carbocycles. The molecule has 0 aromatic rings. The van der Waals surface area contributed by atoms with Crippen molar-refractivity contribution in [3.8, 4) is 0 Å².